The Hall–Kier alpha value is -4.51. The van der Waals surface area contributed by atoms with Crippen LogP contribution in [0, 0.1) is 0 Å². The second-order valence-electron chi connectivity index (χ2n) is 9.68. The molecule has 5 nitrogen and oxygen atoms in total. The number of aromatic nitrogens is 2. The van der Waals surface area contributed by atoms with E-state index < -0.39 is 0 Å². The van der Waals surface area contributed by atoms with Gasteiger partial charge in [0.25, 0.3) is 0 Å². The third-order valence-electron chi connectivity index (χ3n) is 7.31. The van der Waals surface area contributed by atoms with Gasteiger partial charge < -0.3 is 9.13 Å². The molecule has 0 atom stereocenters. The predicted octanol–water partition coefficient (Wildman–Crippen LogP) is 7.75. The van der Waals surface area contributed by atoms with Gasteiger partial charge in [-0.2, -0.15) is 0 Å². The zero-order valence-corrected chi connectivity index (χ0v) is 22.3. The summed E-state index contributed by atoms with van der Waals surface area (Å²) in [5.41, 5.74) is 6.72. The molecule has 2 aromatic heterocycles. The highest BCUT2D eigenvalue weighted by molar-refractivity contribution is 6.13. The molecule has 0 N–H and O–H groups in total. The van der Waals surface area contributed by atoms with Crippen LogP contribution >= 0.6 is 0 Å². The van der Waals surface area contributed by atoms with E-state index in [1.54, 1.807) is 20.8 Å². The zero-order valence-electron chi connectivity index (χ0n) is 22.3. The molecule has 0 unspecified atom stereocenters. The van der Waals surface area contributed by atoms with Crippen LogP contribution in [0.25, 0.3) is 43.6 Å². The largest absolute Gasteiger partial charge is 0.344 e. The fourth-order valence-electron chi connectivity index (χ4n) is 5.27. The molecule has 0 fully saturated rings. The van der Waals surface area contributed by atoms with Gasteiger partial charge in [0, 0.05) is 73.9 Å². The number of ketones is 3. The molecule has 0 bridgehead atoms. The number of fused-ring (bicyclic) bond motifs is 6. The molecule has 0 aliphatic heterocycles. The van der Waals surface area contributed by atoms with E-state index in [0.717, 1.165) is 44.8 Å². The maximum atomic E-state index is 11.6. The van der Waals surface area contributed by atoms with Crippen LogP contribution in [-0.4, -0.2) is 26.5 Å². The van der Waals surface area contributed by atoms with Gasteiger partial charge in [-0.25, -0.2) is 0 Å². The van der Waals surface area contributed by atoms with Crippen molar-refractivity contribution in [3.05, 3.63) is 95.6 Å². The lowest BCUT2D eigenvalue weighted by Crippen LogP contribution is -1.95. The van der Waals surface area contributed by atoms with Crippen LogP contribution in [0.3, 0.4) is 0 Å². The molecule has 0 saturated heterocycles. The van der Waals surface area contributed by atoms with Crippen molar-refractivity contribution in [2.45, 2.75) is 34.2 Å². The summed E-state index contributed by atoms with van der Waals surface area (Å²) in [6, 6.07) is 25.7. The van der Waals surface area contributed by atoms with Crippen molar-refractivity contribution in [3.63, 3.8) is 0 Å². The Balaban J connectivity index is 0.000000158. The zero-order chi connectivity index (χ0) is 27.1. The second kappa shape index (κ2) is 9.75. The molecule has 5 heteroatoms. The van der Waals surface area contributed by atoms with Crippen molar-refractivity contribution in [3.8, 4) is 0 Å². The number of rotatable bonds is 4. The van der Waals surface area contributed by atoms with E-state index in [0.29, 0.717) is 11.1 Å². The molecule has 38 heavy (non-hydrogen) atoms. The second-order valence-corrected chi connectivity index (χ2v) is 9.68. The maximum Gasteiger partial charge on any atom is 0.159 e. The van der Waals surface area contributed by atoms with Gasteiger partial charge in [-0.15, -0.1) is 0 Å². The standard InChI is InChI=1S/C18H17NO2.C15H13NO/c1-4-19-17-7-5-13(11(2)20)9-15(17)16-10-14(12(3)21)6-8-18(16)19;1-10(17)11-7-8-15-13(9-11)12-5-3-4-6-14(12)16(15)2/h5-10H,4H2,1-3H3;3-9H,1-2H3. The summed E-state index contributed by atoms with van der Waals surface area (Å²) in [6.45, 7) is 7.68. The van der Waals surface area contributed by atoms with Crippen LogP contribution < -0.4 is 0 Å². The maximum absolute atomic E-state index is 11.6. The summed E-state index contributed by atoms with van der Waals surface area (Å²) in [5, 5.41) is 4.41. The minimum Gasteiger partial charge on any atom is -0.344 e. The Bertz CT molecular complexity index is 1830. The van der Waals surface area contributed by atoms with Gasteiger partial charge in [0.15, 0.2) is 17.3 Å². The lowest BCUT2D eigenvalue weighted by Gasteiger charge is -2.03. The summed E-state index contributed by atoms with van der Waals surface area (Å²) >= 11 is 0. The highest BCUT2D eigenvalue weighted by atomic mass is 16.1. The fraction of sp³-hybridized carbons (Fsp3) is 0.182. The SMILES string of the molecule is CC(=O)c1ccc2c(c1)c1ccccc1n2C.CCn1c2ccc(C(C)=O)cc2c2cc(C(C)=O)ccc21. The average Bonchev–Trinajstić information content (AvgIpc) is 3.39. The summed E-state index contributed by atoms with van der Waals surface area (Å²) in [7, 11) is 2.05. The monoisotopic (exact) mass is 502 g/mol. The first-order valence-corrected chi connectivity index (χ1v) is 12.8. The number of carbonyl (C=O) groups is 3. The van der Waals surface area contributed by atoms with E-state index in [4.69, 9.17) is 0 Å². The number of aryl methyl sites for hydroxylation is 2. The summed E-state index contributed by atoms with van der Waals surface area (Å²) in [4.78, 5) is 34.7. The molecule has 0 amide bonds. The Morgan fingerprint density at radius 3 is 1.39 bits per heavy atom. The molecule has 0 aliphatic rings. The third-order valence-corrected chi connectivity index (χ3v) is 7.31. The summed E-state index contributed by atoms with van der Waals surface area (Å²) in [6.07, 6.45) is 0. The van der Waals surface area contributed by atoms with E-state index in [1.165, 1.54) is 10.9 Å². The van der Waals surface area contributed by atoms with Crippen molar-refractivity contribution in [1.82, 2.24) is 9.13 Å². The number of hydrogen-bond donors (Lipinski definition) is 0. The summed E-state index contributed by atoms with van der Waals surface area (Å²) in [5.74, 6) is 0.217. The molecule has 6 rings (SSSR count). The van der Waals surface area contributed by atoms with Crippen molar-refractivity contribution in [1.29, 1.82) is 0 Å². The van der Waals surface area contributed by atoms with Gasteiger partial charge in [0.1, 0.15) is 0 Å². The number of hydrogen-bond acceptors (Lipinski definition) is 3. The van der Waals surface area contributed by atoms with E-state index >= 15 is 0 Å². The molecule has 0 saturated carbocycles. The highest BCUT2D eigenvalue weighted by Gasteiger charge is 2.13. The minimum absolute atomic E-state index is 0.0528. The summed E-state index contributed by atoms with van der Waals surface area (Å²) < 4.78 is 4.37. The Morgan fingerprint density at radius 2 is 0.947 bits per heavy atom. The Morgan fingerprint density at radius 1 is 0.553 bits per heavy atom. The van der Waals surface area contributed by atoms with Crippen molar-refractivity contribution >= 4 is 61.0 Å². The third kappa shape index (κ3) is 4.20. The van der Waals surface area contributed by atoms with Crippen LogP contribution in [0.15, 0.2) is 78.9 Å². The van der Waals surface area contributed by atoms with Gasteiger partial charge in [-0.3, -0.25) is 14.4 Å². The van der Waals surface area contributed by atoms with Crippen molar-refractivity contribution in [2.75, 3.05) is 0 Å². The Kier molecular flexibility index (Phi) is 6.45. The van der Waals surface area contributed by atoms with Gasteiger partial charge in [-0.05, 0) is 88.4 Å². The first-order valence-electron chi connectivity index (χ1n) is 12.8. The molecule has 0 radical (unpaired) electrons. The number of carbonyl (C=O) groups excluding carboxylic acids is 3. The lowest BCUT2D eigenvalue weighted by molar-refractivity contribution is 0.100. The van der Waals surface area contributed by atoms with Crippen LogP contribution in [0.4, 0.5) is 0 Å². The van der Waals surface area contributed by atoms with Crippen LogP contribution in [0.2, 0.25) is 0 Å². The topological polar surface area (TPSA) is 61.1 Å². The molecule has 0 aliphatic carbocycles. The number of Topliss-reactive ketones (excluding diaryl/α,β-unsaturated/α-hetero) is 3. The lowest BCUT2D eigenvalue weighted by atomic mass is 10.0. The van der Waals surface area contributed by atoms with E-state index in [2.05, 4.69) is 35.2 Å². The normalized spacial score (nSPS) is 11.2. The van der Waals surface area contributed by atoms with Crippen molar-refractivity contribution < 1.29 is 14.4 Å². The van der Waals surface area contributed by atoms with Crippen LogP contribution in [0.5, 0.6) is 0 Å². The molecule has 190 valence electrons. The average molecular weight is 503 g/mol. The molecule has 4 aromatic carbocycles. The molecule has 0 spiro atoms. The number of para-hydroxylation sites is 1. The van der Waals surface area contributed by atoms with E-state index in [-0.39, 0.29) is 17.3 Å². The van der Waals surface area contributed by atoms with Crippen LogP contribution in [0.1, 0.15) is 58.8 Å². The first kappa shape index (κ1) is 25.2. The number of nitrogens with zero attached hydrogens (tertiary/aromatic N) is 2. The van der Waals surface area contributed by atoms with Crippen molar-refractivity contribution in [2.24, 2.45) is 7.05 Å². The van der Waals surface area contributed by atoms with E-state index in [1.807, 2.05) is 66.7 Å². The van der Waals surface area contributed by atoms with Gasteiger partial charge in [-0.1, -0.05) is 18.2 Å². The van der Waals surface area contributed by atoms with Gasteiger partial charge in [0.05, 0.1) is 0 Å². The van der Waals surface area contributed by atoms with Crippen LogP contribution in [-0.2, 0) is 13.6 Å². The number of benzene rings is 4. The first-order chi connectivity index (χ1) is 18.2. The minimum atomic E-state index is 0.0528. The molecule has 2 heterocycles. The van der Waals surface area contributed by atoms with E-state index in [9.17, 15) is 14.4 Å². The van der Waals surface area contributed by atoms with Gasteiger partial charge >= 0.3 is 0 Å². The van der Waals surface area contributed by atoms with Gasteiger partial charge in [0.2, 0.25) is 0 Å². The predicted molar refractivity (Wildman–Crippen MR) is 156 cm³/mol. The fourth-order valence-corrected chi connectivity index (χ4v) is 5.27. The quantitative estimate of drug-likeness (QED) is 0.232. The molecular weight excluding hydrogens is 472 g/mol. The molecular formula is C33H30N2O3. The smallest absolute Gasteiger partial charge is 0.159 e. The Labute approximate surface area is 221 Å². The highest BCUT2D eigenvalue weighted by Crippen LogP contribution is 2.31. The molecule has 6 aromatic rings.